The van der Waals surface area contributed by atoms with Gasteiger partial charge >= 0.3 is 0 Å². The van der Waals surface area contributed by atoms with Gasteiger partial charge in [0.25, 0.3) is 5.91 Å². The Labute approximate surface area is 226 Å². The van der Waals surface area contributed by atoms with Crippen molar-refractivity contribution in [1.82, 2.24) is 9.73 Å². The summed E-state index contributed by atoms with van der Waals surface area (Å²) >= 11 is 5.88. The van der Waals surface area contributed by atoms with E-state index in [1.54, 1.807) is 30.3 Å². The molecule has 1 saturated heterocycles. The van der Waals surface area contributed by atoms with Crippen LogP contribution in [0.4, 0.5) is 4.39 Å². The third-order valence-corrected chi connectivity index (χ3v) is 8.06. The molecule has 1 aliphatic rings. The molecule has 1 heterocycles. The molecule has 3 aromatic rings. The van der Waals surface area contributed by atoms with Crippen molar-refractivity contribution in [3.63, 3.8) is 0 Å². The Morgan fingerprint density at radius 3 is 2.55 bits per heavy atom. The SMILES string of the molecule is CCOc1cc(C=NNC(=O)C2CCCN2S(=O)(=O)c2ccc(Cl)cc2)ccc1OCc1ccc(F)cc1. The predicted molar refractivity (Wildman–Crippen MR) is 142 cm³/mol. The third kappa shape index (κ3) is 6.69. The molecule has 0 aliphatic carbocycles. The molecular weight excluding hydrogens is 533 g/mol. The molecular formula is C27H27ClFN3O5S. The van der Waals surface area contributed by atoms with Crippen LogP contribution in [0.5, 0.6) is 11.5 Å². The molecule has 3 aromatic carbocycles. The molecule has 1 N–H and O–H groups in total. The zero-order valence-corrected chi connectivity index (χ0v) is 22.2. The molecule has 200 valence electrons. The van der Waals surface area contributed by atoms with Gasteiger partial charge in [0.15, 0.2) is 11.5 Å². The average Bonchev–Trinajstić information content (AvgIpc) is 3.41. The zero-order chi connectivity index (χ0) is 27.1. The van der Waals surface area contributed by atoms with E-state index in [9.17, 15) is 17.6 Å². The van der Waals surface area contributed by atoms with Gasteiger partial charge in [0.1, 0.15) is 18.5 Å². The molecule has 8 nitrogen and oxygen atoms in total. The number of rotatable bonds is 10. The van der Waals surface area contributed by atoms with Crippen molar-refractivity contribution in [2.45, 2.75) is 37.3 Å². The topological polar surface area (TPSA) is 97.3 Å². The van der Waals surface area contributed by atoms with Gasteiger partial charge in [-0.25, -0.2) is 18.2 Å². The normalized spacial score (nSPS) is 16.0. The lowest BCUT2D eigenvalue weighted by molar-refractivity contribution is -0.124. The van der Waals surface area contributed by atoms with Gasteiger partial charge in [-0.05, 0) is 85.5 Å². The molecule has 0 bridgehead atoms. The second-order valence-corrected chi connectivity index (χ2v) is 10.8. The van der Waals surface area contributed by atoms with Gasteiger partial charge in [-0.3, -0.25) is 4.79 Å². The minimum Gasteiger partial charge on any atom is -0.490 e. The van der Waals surface area contributed by atoms with Crippen LogP contribution in [-0.4, -0.2) is 44.0 Å². The highest BCUT2D eigenvalue weighted by Gasteiger charge is 2.39. The number of hydrogen-bond donors (Lipinski definition) is 1. The summed E-state index contributed by atoms with van der Waals surface area (Å²) in [6, 6.07) is 16.2. The highest BCUT2D eigenvalue weighted by Crippen LogP contribution is 2.29. The number of carbonyl (C=O) groups excluding carboxylic acids is 1. The van der Waals surface area contributed by atoms with Crippen molar-refractivity contribution in [2.75, 3.05) is 13.2 Å². The molecule has 1 atom stereocenters. The number of ether oxygens (including phenoxy) is 2. The summed E-state index contributed by atoms with van der Waals surface area (Å²) in [5, 5.41) is 4.45. The summed E-state index contributed by atoms with van der Waals surface area (Å²) in [5.74, 6) is 0.163. The fourth-order valence-corrected chi connectivity index (χ4v) is 5.79. The van der Waals surface area contributed by atoms with Crippen molar-refractivity contribution in [2.24, 2.45) is 5.10 Å². The van der Waals surface area contributed by atoms with Crippen molar-refractivity contribution in [1.29, 1.82) is 0 Å². The summed E-state index contributed by atoms with van der Waals surface area (Å²) in [7, 11) is -3.86. The first-order chi connectivity index (χ1) is 18.3. The van der Waals surface area contributed by atoms with E-state index < -0.39 is 22.0 Å². The fourth-order valence-electron chi connectivity index (χ4n) is 4.01. The van der Waals surface area contributed by atoms with Gasteiger partial charge in [0, 0.05) is 11.6 Å². The minimum absolute atomic E-state index is 0.0790. The maximum absolute atomic E-state index is 13.1. The minimum atomic E-state index is -3.86. The van der Waals surface area contributed by atoms with Gasteiger partial charge < -0.3 is 9.47 Å². The van der Waals surface area contributed by atoms with Crippen LogP contribution in [0.3, 0.4) is 0 Å². The van der Waals surface area contributed by atoms with E-state index in [1.807, 2.05) is 6.92 Å². The first kappa shape index (κ1) is 27.6. The second-order valence-electron chi connectivity index (χ2n) is 8.52. The molecule has 11 heteroatoms. The lowest BCUT2D eigenvalue weighted by Gasteiger charge is -2.22. The summed E-state index contributed by atoms with van der Waals surface area (Å²) < 4.78 is 52.0. The average molecular weight is 560 g/mol. The van der Waals surface area contributed by atoms with Crippen molar-refractivity contribution in [3.05, 3.63) is 88.7 Å². The van der Waals surface area contributed by atoms with E-state index in [0.717, 1.165) is 5.56 Å². The first-order valence-electron chi connectivity index (χ1n) is 12.0. The van der Waals surface area contributed by atoms with E-state index >= 15 is 0 Å². The number of halogens is 2. The predicted octanol–water partition coefficient (Wildman–Crippen LogP) is 4.76. The Morgan fingerprint density at radius 1 is 1.11 bits per heavy atom. The number of hydrogen-bond acceptors (Lipinski definition) is 6. The van der Waals surface area contributed by atoms with Crippen LogP contribution >= 0.6 is 11.6 Å². The Bertz CT molecular complexity index is 1400. The molecule has 0 aromatic heterocycles. The monoisotopic (exact) mass is 559 g/mol. The Hall–Kier alpha value is -3.47. The van der Waals surface area contributed by atoms with Crippen molar-refractivity contribution < 1.29 is 27.1 Å². The van der Waals surface area contributed by atoms with Crippen LogP contribution in [0, 0.1) is 5.82 Å². The Morgan fingerprint density at radius 2 is 1.84 bits per heavy atom. The van der Waals surface area contributed by atoms with Crippen LogP contribution in [0.25, 0.3) is 0 Å². The molecule has 1 amide bonds. The summed E-state index contributed by atoms with van der Waals surface area (Å²) in [6.07, 6.45) is 2.39. The van der Waals surface area contributed by atoms with Crippen LogP contribution in [0.1, 0.15) is 30.9 Å². The van der Waals surface area contributed by atoms with Crippen LogP contribution in [0.15, 0.2) is 76.7 Å². The molecule has 4 rings (SSSR count). The number of carbonyl (C=O) groups is 1. The zero-order valence-electron chi connectivity index (χ0n) is 20.6. The molecule has 0 spiro atoms. The molecule has 1 unspecified atom stereocenters. The van der Waals surface area contributed by atoms with E-state index in [2.05, 4.69) is 10.5 Å². The molecule has 1 aliphatic heterocycles. The number of amides is 1. The quantitative estimate of drug-likeness (QED) is 0.285. The molecule has 38 heavy (non-hydrogen) atoms. The van der Waals surface area contributed by atoms with Crippen LogP contribution < -0.4 is 14.9 Å². The van der Waals surface area contributed by atoms with Crippen molar-refractivity contribution >= 4 is 33.7 Å². The number of sulfonamides is 1. The smallest absolute Gasteiger partial charge is 0.258 e. The maximum Gasteiger partial charge on any atom is 0.258 e. The van der Waals surface area contributed by atoms with Crippen molar-refractivity contribution in [3.8, 4) is 11.5 Å². The highest BCUT2D eigenvalue weighted by atomic mass is 35.5. The maximum atomic E-state index is 13.1. The van der Waals surface area contributed by atoms with Gasteiger partial charge in [-0.2, -0.15) is 9.41 Å². The number of benzene rings is 3. The lowest BCUT2D eigenvalue weighted by atomic mass is 10.2. The fraction of sp³-hybridized carbons (Fsp3) is 0.259. The number of hydrazone groups is 1. The standard InChI is InChI=1S/C27H27ClFN3O5S/c1-2-36-26-16-20(7-14-25(26)37-18-19-5-10-22(29)11-6-19)17-30-31-27(33)24-4-3-15-32(24)38(34,35)23-12-8-21(28)9-13-23/h5-14,16-17,24H,2-4,15,18H2,1H3,(H,31,33). The highest BCUT2D eigenvalue weighted by molar-refractivity contribution is 7.89. The summed E-state index contributed by atoms with van der Waals surface area (Å²) in [4.78, 5) is 12.9. The van der Waals surface area contributed by atoms with Gasteiger partial charge in [0.2, 0.25) is 10.0 Å². The Balaban J connectivity index is 1.40. The summed E-state index contributed by atoms with van der Waals surface area (Å²) in [5.41, 5.74) is 3.90. The second kappa shape index (κ2) is 12.4. The van der Waals surface area contributed by atoms with E-state index in [0.29, 0.717) is 41.5 Å². The molecule has 0 radical (unpaired) electrons. The van der Waals surface area contributed by atoms with E-state index in [4.69, 9.17) is 21.1 Å². The van der Waals surface area contributed by atoms with Crippen LogP contribution in [-0.2, 0) is 21.4 Å². The largest absolute Gasteiger partial charge is 0.490 e. The Kier molecular flexibility index (Phi) is 8.98. The van der Waals surface area contributed by atoms with Gasteiger partial charge in [0.05, 0.1) is 17.7 Å². The van der Waals surface area contributed by atoms with E-state index in [-0.39, 0.29) is 23.9 Å². The lowest BCUT2D eigenvalue weighted by Crippen LogP contribution is -2.44. The first-order valence-corrected chi connectivity index (χ1v) is 13.8. The molecule has 1 fully saturated rings. The van der Waals surface area contributed by atoms with Gasteiger partial charge in [-0.1, -0.05) is 23.7 Å². The third-order valence-electron chi connectivity index (χ3n) is 5.89. The van der Waals surface area contributed by atoms with E-state index in [1.165, 1.54) is 46.9 Å². The number of nitrogens with one attached hydrogen (secondary N) is 1. The van der Waals surface area contributed by atoms with Gasteiger partial charge in [-0.15, -0.1) is 0 Å². The number of nitrogens with zero attached hydrogens (tertiary/aromatic N) is 2. The summed E-state index contributed by atoms with van der Waals surface area (Å²) in [6.45, 7) is 2.73. The van der Waals surface area contributed by atoms with Crippen LogP contribution in [0.2, 0.25) is 5.02 Å². The molecule has 0 saturated carbocycles.